The highest BCUT2D eigenvalue weighted by atomic mass is 35.5. The van der Waals surface area contributed by atoms with E-state index >= 15 is 0 Å². The zero-order valence-corrected chi connectivity index (χ0v) is 11.3. The zero-order chi connectivity index (χ0) is 15.4. The Morgan fingerprint density at radius 2 is 2.19 bits per heavy atom. The lowest BCUT2D eigenvalue weighted by Crippen LogP contribution is -2.21. The van der Waals surface area contributed by atoms with Gasteiger partial charge in [-0.2, -0.15) is 0 Å². The molecular formula is C13H10ClFN4O2. The highest BCUT2D eigenvalue weighted by Crippen LogP contribution is 2.21. The van der Waals surface area contributed by atoms with Crippen molar-refractivity contribution < 1.29 is 14.4 Å². The Balaban J connectivity index is 2.39. The monoisotopic (exact) mass is 308 g/mol. The van der Waals surface area contributed by atoms with Crippen LogP contribution in [0.2, 0.25) is 5.02 Å². The van der Waals surface area contributed by atoms with Crippen molar-refractivity contribution in [3.8, 4) is 0 Å². The second-order valence-corrected chi connectivity index (χ2v) is 4.36. The van der Waals surface area contributed by atoms with Crippen molar-refractivity contribution in [1.29, 1.82) is 0 Å². The number of hydrogen-bond donors (Lipinski definition) is 3. The number of amides is 1. The standard InChI is InChI=1S/C13H10ClFN4O2/c14-8-6-17-5-4-7(8)13(20)18-10-3-1-2-9(15)11(10)12(16)19-21/h1-6,21H,(H2,16,19)(H,18,20). The number of halogens is 2. The highest BCUT2D eigenvalue weighted by molar-refractivity contribution is 6.34. The Morgan fingerprint density at radius 3 is 2.86 bits per heavy atom. The molecule has 8 heteroatoms. The Labute approximate surface area is 124 Å². The van der Waals surface area contributed by atoms with Crippen LogP contribution in [-0.4, -0.2) is 21.9 Å². The summed E-state index contributed by atoms with van der Waals surface area (Å²) >= 11 is 5.86. The van der Waals surface area contributed by atoms with E-state index in [-0.39, 0.29) is 21.8 Å². The van der Waals surface area contributed by atoms with Crippen molar-refractivity contribution in [1.82, 2.24) is 4.98 Å². The number of nitrogens with two attached hydrogens (primary N) is 1. The highest BCUT2D eigenvalue weighted by Gasteiger charge is 2.17. The van der Waals surface area contributed by atoms with Crippen LogP contribution < -0.4 is 11.1 Å². The molecule has 2 aromatic rings. The van der Waals surface area contributed by atoms with Gasteiger partial charge < -0.3 is 16.3 Å². The Hall–Kier alpha value is -2.67. The maximum Gasteiger partial charge on any atom is 0.257 e. The Morgan fingerprint density at radius 1 is 1.43 bits per heavy atom. The van der Waals surface area contributed by atoms with Crippen molar-refractivity contribution in [3.05, 3.63) is 58.6 Å². The average Bonchev–Trinajstić information content (AvgIpc) is 2.47. The lowest BCUT2D eigenvalue weighted by molar-refractivity contribution is 0.102. The largest absolute Gasteiger partial charge is 0.409 e. The van der Waals surface area contributed by atoms with E-state index in [1.54, 1.807) is 0 Å². The van der Waals surface area contributed by atoms with Gasteiger partial charge in [0.05, 0.1) is 21.8 Å². The topological polar surface area (TPSA) is 101 Å². The van der Waals surface area contributed by atoms with Gasteiger partial charge in [-0.15, -0.1) is 0 Å². The molecule has 0 aliphatic rings. The van der Waals surface area contributed by atoms with Crippen molar-refractivity contribution in [2.75, 3.05) is 5.32 Å². The quantitative estimate of drug-likeness (QED) is 0.350. The summed E-state index contributed by atoms with van der Waals surface area (Å²) in [7, 11) is 0. The van der Waals surface area contributed by atoms with Crippen molar-refractivity contribution >= 4 is 29.0 Å². The fourth-order valence-electron chi connectivity index (χ4n) is 1.69. The van der Waals surface area contributed by atoms with Gasteiger partial charge in [0.1, 0.15) is 5.82 Å². The lowest BCUT2D eigenvalue weighted by Gasteiger charge is -2.11. The first kappa shape index (κ1) is 14.7. The summed E-state index contributed by atoms with van der Waals surface area (Å²) in [6, 6.07) is 5.35. The van der Waals surface area contributed by atoms with Gasteiger partial charge in [0, 0.05) is 12.4 Å². The van der Waals surface area contributed by atoms with Crippen LogP contribution in [0.3, 0.4) is 0 Å². The molecule has 0 radical (unpaired) electrons. The summed E-state index contributed by atoms with van der Waals surface area (Å²) in [6.07, 6.45) is 2.71. The van der Waals surface area contributed by atoms with Crippen LogP contribution in [0.5, 0.6) is 0 Å². The number of nitrogens with zero attached hydrogens (tertiary/aromatic N) is 2. The van der Waals surface area contributed by atoms with Crippen molar-refractivity contribution in [3.63, 3.8) is 0 Å². The summed E-state index contributed by atoms with van der Waals surface area (Å²) in [5.74, 6) is -1.76. The molecule has 0 bridgehead atoms. The van der Waals surface area contributed by atoms with Crippen LogP contribution in [0, 0.1) is 5.82 Å². The second kappa shape index (κ2) is 6.19. The van der Waals surface area contributed by atoms with E-state index < -0.39 is 17.6 Å². The summed E-state index contributed by atoms with van der Waals surface area (Å²) in [4.78, 5) is 15.9. The van der Waals surface area contributed by atoms with Crippen molar-refractivity contribution in [2.24, 2.45) is 10.9 Å². The van der Waals surface area contributed by atoms with Gasteiger partial charge in [-0.25, -0.2) is 4.39 Å². The third-order valence-corrected chi connectivity index (χ3v) is 2.94. The first-order valence-corrected chi connectivity index (χ1v) is 6.09. The minimum absolute atomic E-state index is 0.0585. The molecule has 4 N–H and O–H groups in total. The summed E-state index contributed by atoms with van der Waals surface area (Å²) in [5, 5.41) is 14.0. The number of hydrogen-bond acceptors (Lipinski definition) is 4. The zero-order valence-electron chi connectivity index (χ0n) is 10.5. The van der Waals surface area contributed by atoms with Gasteiger partial charge in [0.15, 0.2) is 5.84 Å². The van der Waals surface area contributed by atoms with E-state index in [1.165, 1.54) is 30.6 Å². The second-order valence-electron chi connectivity index (χ2n) is 3.96. The van der Waals surface area contributed by atoms with E-state index in [1.807, 2.05) is 0 Å². The van der Waals surface area contributed by atoms with Crippen LogP contribution in [-0.2, 0) is 0 Å². The third kappa shape index (κ3) is 3.09. The smallest absolute Gasteiger partial charge is 0.257 e. The fraction of sp³-hybridized carbons (Fsp3) is 0. The molecule has 0 aliphatic heterocycles. The fourth-order valence-corrected chi connectivity index (χ4v) is 1.89. The van der Waals surface area contributed by atoms with Crippen LogP contribution >= 0.6 is 11.6 Å². The number of rotatable bonds is 3. The van der Waals surface area contributed by atoms with Gasteiger partial charge in [-0.3, -0.25) is 9.78 Å². The molecule has 0 saturated carbocycles. The van der Waals surface area contributed by atoms with Gasteiger partial charge >= 0.3 is 0 Å². The maximum atomic E-state index is 13.8. The van der Waals surface area contributed by atoms with Gasteiger partial charge in [-0.1, -0.05) is 22.8 Å². The molecule has 1 aromatic heterocycles. The van der Waals surface area contributed by atoms with E-state index in [0.717, 1.165) is 6.07 Å². The first-order valence-electron chi connectivity index (χ1n) is 5.72. The molecule has 0 aliphatic carbocycles. The number of nitrogens with one attached hydrogen (secondary N) is 1. The predicted molar refractivity (Wildman–Crippen MR) is 76.1 cm³/mol. The molecule has 21 heavy (non-hydrogen) atoms. The van der Waals surface area contributed by atoms with Crippen LogP contribution in [0.15, 0.2) is 41.8 Å². The molecule has 1 heterocycles. The molecule has 0 spiro atoms. The average molecular weight is 309 g/mol. The molecule has 0 unspecified atom stereocenters. The minimum Gasteiger partial charge on any atom is -0.409 e. The summed E-state index contributed by atoms with van der Waals surface area (Å²) < 4.78 is 13.8. The van der Waals surface area contributed by atoms with E-state index in [0.29, 0.717) is 0 Å². The van der Waals surface area contributed by atoms with E-state index in [9.17, 15) is 9.18 Å². The predicted octanol–water partition coefficient (Wildman–Crippen LogP) is 2.22. The van der Waals surface area contributed by atoms with E-state index in [4.69, 9.17) is 22.5 Å². The van der Waals surface area contributed by atoms with E-state index in [2.05, 4.69) is 15.5 Å². The summed E-state index contributed by atoms with van der Waals surface area (Å²) in [6.45, 7) is 0. The molecular weight excluding hydrogens is 299 g/mol. The molecule has 1 aromatic carbocycles. The van der Waals surface area contributed by atoms with Crippen LogP contribution in [0.25, 0.3) is 0 Å². The minimum atomic E-state index is -0.732. The van der Waals surface area contributed by atoms with Crippen LogP contribution in [0.1, 0.15) is 15.9 Å². The molecule has 1 amide bonds. The first-order chi connectivity index (χ1) is 10.0. The molecule has 108 valence electrons. The molecule has 2 rings (SSSR count). The number of anilines is 1. The SMILES string of the molecule is NC(=NO)c1c(F)cccc1NC(=O)c1ccncc1Cl. The third-order valence-electron chi connectivity index (χ3n) is 2.64. The maximum absolute atomic E-state index is 13.8. The molecule has 0 saturated heterocycles. The number of benzene rings is 1. The number of carbonyl (C=O) groups is 1. The number of amidine groups is 1. The molecule has 6 nitrogen and oxygen atoms in total. The van der Waals surface area contributed by atoms with Gasteiger partial charge in [0.2, 0.25) is 0 Å². The van der Waals surface area contributed by atoms with Crippen LogP contribution in [0.4, 0.5) is 10.1 Å². The lowest BCUT2D eigenvalue weighted by atomic mass is 10.1. The van der Waals surface area contributed by atoms with Gasteiger partial charge in [-0.05, 0) is 18.2 Å². The van der Waals surface area contributed by atoms with Crippen molar-refractivity contribution in [2.45, 2.75) is 0 Å². The molecule has 0 fully saturated rings. The van der Waals surface area contributed by atoms with Gasteiger partial charge in [0.25, 0.3) is 5.91 Å². The Bertz CT molecular complexity index is 721. The number of oxime groups is 1. The summed E-state index contributed by atoms with van der Waals surface area (Å²) in [5.41, 5.74) is 5.43. The number of pyridine rings is 1. The number of aromatic nitrogens is 1. The number of carbonyl (C=O) groups excluding carboxylic acids is 1. The Kier molecular flexibility index (Phi) is 4.34. The normalized spacial score (nSPS) is 11.2. The molecule has 0 atom stereocenters.